The molecular weight excluding hydrogens is 230 g/mol. The molecule has 0 bridgehead atoms. The normalized spacial score (nSPS) is 18.1. The van der Waals surface area contributed by atoms with Gasteiger partial charge in [-0.2, -0.15) is 0 Å². The van der Waals surface area contributed by atoms with Crippen LogP contribution in [0.1, 0.15) is 50.7 Å². The molecule has 1 nitrogen and oxygen atoms in total. The van der Waals surface area contributed by atoms with E-state index in [1.165, 1.54) is 49.8 Å². The number of hydrogen-bond acceptors (Lipinski definition) is 1. The Hall–Kier alpha value is -0.820. The van der Waals surface area contributed by atoms with E-state index in [9.17, 15) is 0 Å². The Bertz CT molecular complexity index is 377. The van der Waals surface area contributed by atoms with Crippen LogP contribution in [0.4, 0.5) is 0 Å². The fraction of sp³-hybridized carbons (Fsp3) is 0.667. The molecule has 1 N–H and O–H groups in total. The summed E-state index contributed by atoms with van der Waals surface area (Å²) in [6, 6.07) is 9.65. The molecular formula is C18H29N. The molecule has 1 aliphatic carbocycles. The van der Waals surface area contributed by atoms with E-state index in [2.05, 4.69) is 50.4 Å². The second-order valence-electron chi connectivity index (χ2n) is 6.56. The van der Waals surface area contributed by atoms with E-state index in [0.29, 0.717) is 6.04 Å². The average molecular weight is 259 g/mol. The maximum Gasteiger partial charge on any atom is 0.00104 e. The van der Waals surface area contributed by atoms with Crippen molar-refractivity contribution in [2.45, 2.75) is 58.9 Å². The summed E-state index contributed by atoms with van der Waals surface area (Å²) in [5.41, 5.74) is 2.90. The zero-order chi connectivity index (χ0) is 13.7. The third kappa shape index (κ3) is 4.65. The lowest BCUT2D eigenvalue weighted by molar-refractivity contribution is 0.313. The van der Waals surface area contributed by atoms with E-state index in [4.69, 9.17) is 0 Å². The van der Waals surface area contributed by atoms with Crippen molar-refractivity contribution in [3.63, 3.8) is 0 Å². The molecule has 1 saturated carbocycles. The molecule has 0 heterocycles. The lowest BCUT2D eigenvalue weighted by Gasteiger charge is -2.25. The monoisotopic (exact) mass is 259 g/mol. The third-order valence-corrected chi connectivity index (χ3v) is 4.44. The maximum atomic E-state index is 3.66. The van der Waals surface area contributed by atoms with Crippen LogP contribution in [-0.2, 0) is 6.42 Å². The van der Waals surface area contributed by atoms with Crippen molar-refractivity contribution in [1.82, 2.24) is 5.32 Å². The van der Waals surface area contributed by atoms with Gasteiger partial charge in [0.05, 0.1) is 0 Å². The van der Waals surface area contributed by atoms with Crippen LogP contribution in [-0.4, -0.2) is 12.6 Å². The molecule has 1 fully saturated rings. The van der Waals surface area contributed by atoms with Crippen LogP contribution in [0.5, 0.6) is 0 Å². The van der Waals surface area contributed by atoms with Crippen molar-refractivity contribution in [1.29, 1.82) is 0 Å². The molecule has 1 heteroatoms. The lowest BCUT2D eigenvalue weighted by Crippen LogP contribution is -2.33. The van der Waals surface area contributed by atoms with Gasteiger partial charge in [0.2, 0.25) is 0 Å². The van der Waals surface area contributed by atoms with Crippen LogP contribution in [0.15, 0.2) is 24.3 Å². The third-order valence-electron chi connectivity index (χ3n) is 4.44. The summed E-state index contributed by atoms with van der Waals surface area (Å²) in [5.74, 6) is 1.75. The van der Waals surface area contributed by atoms with Gasteiger partial charge in [-0.15, -0.1) is 0 Å². The van der Waals surface area contributed by atoms with Gasteiger partial charge in [-0.25, -0.2) is 0 Å². The quantitative estimate of drug-likeness (QED) is 0.801. The highest BCUT2D eigenvalue weighted by Gasteiger charge is 2.25. The first kappa shape index (κ1) is 14.6. The smallest absolute Gasteiger partial charge is 0.00104 e. The summed E-state index contributed by atoms with van der Waals surface area (Å²) >= 11 is 0. The first-order valence-corrected chi connectivity index (χ1v) is 7.94. The zero-order valence-electron chi connectivity index (χ0n) is 12.8. The predicted octanol–water partition coefficient (Wildman–Crippen LogP) is 4.34. The number of nitrogens with one attached hydrogen (secondary N) is 1. The average Bonchev–Trinajstić information content (AvgIpc) is 2.88. The Balaban J connectivity index is 1.99. The number of aryl methyl sites for hydroxylation is 1. The van der Waals surface area contributed by atoms with E-state index in [1.54, 1.807) is 0 Å². The molecule has 106 valence electrons. The van der Waals surface area contributed by atoms with Crippen LogP contribution in [0.2, 0.25) is 0 Å². The van der Waals surface area contributed by atoms with Crippen molar-refractivity contribution in [3.8, 4) is 0 Å². The summed E-state index contributed by atoms with van der Waals surface area (Å²) < 4.78 is 0. The molecule has 0 amide bonds. The Morgan fingerprint density at radius 2 is 1.95 bits per heavy atom. The predicted molar refractivity (Wildman–Crippen MR) is 83.5 cm³/mol. The molecule has 19 heavy (non-hydrogen) atoms. The topological polar surface area (TPSA) is 12.0 Å². The molecule has 1 aromatic carbocycles. The van der Waals surface area contributed by atoms with Gasteiger partial charge >= 0.3 is 0 Å². The molecule has 1 unspecified atom stereocenters. The molecule has 0 saturated heterocycles. The van der Waals surface area contributed by atoms with E-state index in [0.717, 1.165) is 11.8 Å². The Labute approximate surface area is 118 Å². The van der Waals surface area contributed by atoms with Gasteiger partial charge < -0.3 is 5.32 Å². The van der Waals surface area contributed by atoms with Gasteiger partial charge in [0.15, 0.2) is 0 Å². The van der Waals surface area contributed by atoms with E-state index >= 15 is 0 Å². The fourth-order valence-electron chi connectivity index (χ4n) is 3.36. The fourth-order valence-corrected chi connectivity index (χ4v) is 3.36. The van der Waals surface area contributed by atoms with Gasteiger partial charge in [0.25, 0.3) is 0 Å². The minimum absolute atomic E-state index is 0.599. The molecule has 1 aliphatic rings. The number of hydrogen-bond donors (Lipinski definition) is 1. The molecule has 0 spiro atoms. The Kier molecular flexibility index (Phi) is 5.45. The summed E-state index contributed by atoms with van der Waals surface area (Å²) in [6.45, 7) is 7.87. The lowest BCUT2D eigenvalue weighted by atomic mass is 9.85. The molecule has 0 aromatic heterocycles. The second kappa shape index (κ2) is 7.09. The largest absolute Gasteiger partial charge is 0.314 e. The van der Waals surface area contributed by atoms with Crippen molar-refractivity contribution >= 4 is 0 Å². The van der Waals surface area contributed by atoms with Crippen LogP contribution in [0.3, 0.4) is 0 Å². The van der Waals surface area contributed by atoms with Crippen molar-refractivity contribution < 1.29 is 0 Å². The van der Waals surface area contributed by atoms with Gasteiger partial charge in [-0.1, -0.05) is 69.4 Å². The van der Waals surface area contributed by atoms with Crippen LogP contribution in [0, 0.1) is 18.8 Å². The zero-order valence-corrected chi connectivity index (χ0v) is 12.8. The van der Waals surface area contributed by atoms with Crippen LogP contribution >= 0.6 is 0 Å². The van der Waals surface area contributed by atoms with Gasteiger partial charge in [0.1, 0.15) is 0 Å². The van der Waals surface area contributed by atoms with E-state index in [1.807, 2.05) is 0 Å². The van der Waals surface area contributed by atoms with Crippen LogP contribution < -0.4 is 5.32 Å². The minimum atomic E-state index is 0.599. The maximum absolute atomic E-state index is 3.66. The van der Waals surface area contributed by atoms with E-state index in [-0.39, 0.29) is 0 Å². The molecule has 1 atom stereocenters. The first-order valence-electron chi connectivity index (χ1n) is 7.94. The highest BCUT2D eigenvalue weighted by molar-refractivity contribution is 5.22. The SMILES string of the molecule is Cc1cccc(CC(CNC(C)C)C2CCCC2)c1. The number of benzene rings is 1. The first-order chi connectivity index (χ1) is 9.15. The molecule has 0 aliphatic heterocycles. The highest BCUT2D eigenvalue weighted by atomic mass is 14.9. The number of rotatable bonds is 6. The molecule has 0 radical (unpaired) electrons. The van der Waals surface area contributed by atoms with Crippen molar-refractivity contribution in [2.75, 3.05) is 6.54 Å². The van der Waals surface area contributed by atoms with Gasteiger partial charge in [-0.3, -0.25) is 0 Å². The summed E-state index contributed by atoms with van der Waals surface area (Å²) in [7, 11) is 0. The van der Waals surface area contributed by atoms with E-state index < -0.39 is 0 Å². The molecule has 2 rings (SSSR count). The van der Waals surface area contributed by atoms with Gasteiger partial charge in [0, 0.05) is 6.04 Å². The molecule has 1 aromatic rings. The second-order valence-corrected chi connectivity index (χ2v) is 6.56. The van der Waals surface area contributed by atoms with Crippen LogP contribution in [0.25, 0.3) is 0 Å². The highest BCUT2D eigenvalue weighted by Crippen LogP contribution is 2.33. The summed E-state index contributed by atoms with van der Waals surface area (Å²) in [4.78, 5) is 0. The van der Waals surface area contributed by atoms with Gasteiger partial charge in [-0.05, 0) is 37.3 Å². The van der Waals surface area contributed by atoms with Crippen molar-refractivity contribution in [3.05, 3.63) is 35.4 Å². The Morgan fingerprint density at radius 3 is 2.58 bits per heavy atom. The Morgan fingerprint density at radius 1 is 1.21 bits per heavy atom. The standard InChI is InChI=1S/C18H29N/c1-14(2)19-13-18(17-9-4-5-10-17)12-16-8-6-7-15(3)11-16/h6-8,11,14,17-19H,4-5,9-10,12-13H2,1-3H3. The van der Waals surface area contributed by atoms with Crippen molar-refractivity contribution in [2.24, 2.45) is 11.8 Å². The minimum Gasteiger partial charge on any atom is -0.314 e. The summed E-state index contributed by atoms with van der Waals surface area (Å²) in [5, 5.41) is 3.66. The summed E-state index contributed by atoms with van der Waals surface area (Å²) in [6.07, 6.45) is 7.01.